The van der Waals surface area contributed by atoms with E-state index in [1.807, 2.05) is 6.07 Å². The smallest absolute Gasteiger partial charge is 0.0802 e. The number of nitrogens with zero attached hydrogens (tertiary/aromatic N) is 1. The molecule has 1 aromatic rings. The number of hydrogen-bond donors (Lipinski definition) is 2. The Morgan fingerprint density at radius 3 is 3.18 bits per heavy atom. The number of rotatable bonds is 4. The molecule has 0 saturated heterocycles. The van der Waals surface area contributed by atoms with Gasteiger partial charge >= 0.3 is 0 Å². The zero-order valence-electron chi connectivity index (χ0n) is 6.28. The van der Waals surface area contributed by atoms with E-state index in [1.54, 1.807) is 13.3 Å². The van der Waals surface area contributed by atoms with E-state index in [4.69, 9.17) is 10.6 Å². The van der Waals surface area contributed by atoms with Crippen LogP contribution in [0.5, 0.6) is 0 Å². The van der Waals surface area contributed by atoms with E-state index in [0.717, 1.165) is 4.88 Å². The van der Waals surface area contributed by atoms with Gasteiger partial charge in [0.05, 0.1) is 12.6 Å². The minimum absolute atomic E-state index is 0.0625. The summed E-state index contributed by atoms with van der Waals surface area (Å²) in [7, 11) is 1.64. The normalized spacial score (nSPS) is 13.3. The zero-order chi connectivity index (χ0) is 8.10. The van der Waals surface area contributed by atoms with Crippen LogP contribution in [-0.2, 0) is 4.74 Å². The highest BCUT2D eigenvalue weighted by atomic mass is 32.1. The molecule has 1 rings (SSSR count). The van der Waals surface area contributed by atoms with Crippen LogP contribution in [0.2, 0.25) is 0 Å². The Balaban J connectivity index is 2.56. The first-order valence-electron chi connectivity index (χ1n) is 3.24. The third-order valence-electron chi connectivity index (χ3n) is 1.34. The maximum atomic E-state index is 5.30. The van der Waals surface area contributed by atoms with Crippen LogP contribution in [0.4, 0.5) is 0 Å². The van der Waals surface area contributed by atoms with Crippen molar-refractivity contribution < 1.29 is 4.74 Å². The second-order valence-electron chi connectivity index (χ2n) is 2.09. The van der Waals surface area contributed by atoms with Crippen LogP contribution in [-0.4, -0.2) is 18.1 Å². The quantitative estimate of drug-likeness (QED) is 0.507. The predicted molar refractivity (Wildman–Crippen MR) is 44.1 cm³/mol. The van der Waals surface area contributed by atoms with Crippen LogP contribution in [0, 0.1) is 0 Å². The van der Waals surface area contributed by atoms with E-state index < -0.39 is 0 Å². The van der Waals surface area contributed by atoms with Crippen molar-refractivity contribution in [1.29, 1.82) is 0 Å². The van der Waals surface area contributed by atoms with Gasteiger partial charge in [0.15, 0.2) is 0 Å². The van der Waals surface area contributed by atoms with E-state index in [0.29, 0.717) is 6.61 Å². The van der Waals surface area contributed by atoms with Crippen molar-refractivity contribution in [3.63, 3.8) is 0 Å². The lowest BCUT2D eigenvalue weighted by Crippen LogP contribution is -2.30. The molecule has 4 nitrogen and oxygen atoms in total. The Hall–Kier alpha value is -0.490. The molecule has 5 heteroatoms. The fraction of sp³-hybridized carbons (Fsp3) is 0.500. The highest BCUT2D eigenvalue weighted by Gasteiger charge is 2.09. The van der Waals surface area contributed by atoms with E-state index in [1.165, 1.54) is 11.5 Å². The molecule has 3 N–H and O–H groups in total. The summed E-state index contributed by atoms with van der Waals surface area (Å²) < 4.78 is 8.92. The fourth-order valence-electron chi connectivity index (χ4n) is 0.784. The lowest BCUT2D eigenvalue weighted by atomic mass is 10.3. The van der Waals surface area contributed by atoms with Gasteiger partial charge in [-0.25, -0.2) is 9.80 Å². The van der Waals surface area contributed by atoms with E-state index in [2.05, 4.69) is 9.80 Å². The summed E-state index contributed by atoms with van der Waals surface area (Å²) in [6, 6.07) is 1.99. The van der Waals surface area contributed by atoms with Crippen LogP contribution in [0.15, 0.2) is 12.3 Å². The van der Waals surface area contributed by atoms with Crippen LogP contribution >= 0.6 is 11.5 Å². The topological polar surface area (TPSA) is 60.2 Å². The van der Waals surface area contributed by atoms with Crippen molar-refractivity contribution in [2.24, 2.45) is 5.84 Å². The van der Waals surface area contributed by atoms with Crippen molar-refractivity contribution in [3.8, 4) is 0 Å². The van der Waals surface area contributed by atoms with Gasteiger partial charge in [0.25, 0.3) is 0 Å². The van der Waals surface area contributed by atoms with Gasteiger partial charge in [0.2, 0.25) is 0 Å². The maximum Gasteiger partial charge on any atom is 0.0802 e. The van der Waals surface area contributed by atoms with Crippen molar-refractivity contribution >= 4 is 11.5 Å². The van der Waals surface area contributed by atoms with Gasteiger partial charge in [0, 0.05) is 18.2 Å². The summed E-state index contributed by atoms with van der Waals surface area (Å²) in [5.41, 5.74) is 2.65. The summed E-state index contributed by atoms with van der Waals surface area (Å²) in [5, 5.41) is 0. The molecule has 1 aromatic heterocycles. The van der Waals surface area contributed by atoms with Crippen LogP contribution in [0.3, 0.4) is 0 Å². The SMILES string of the molecule is COCC(NN)c1ccns1. The third kappa shape index (κ3) is 2.23. The lowest BCUT2D eigenvalue weighted by Gasteiger charge is -2.11. The minimum atomic E-state index is 0.0625. The summed E-state index contributed by atoms with van der Waals surface area (Å²) >= 11 is 1.42. The highest BCUT2D eigenvalue weighted by Crippen LogP contribution is 2.15. The number of ether oxygens (including phenoxy) is 1. The first-order chi connectivity index (χ1) is 5.38. The molecule has 0 amide bonds. The molecule has 0 saturated carbocycles. The first-order valence-corrected chi connectivity index (χ1v) is 4.01. The Labute approximate surface area is 69.5 Å². The molecule has 0 bridgehead atoms. The molecule has 0 aromatic carbocycles. The Morgan fingerprint density at radius 1 is 1.91 bits per heavy atom. The van der Waals surface area contributed by atoms with E-state index in [-0.39, 0.29) is 6.04 Å². The van der Waals surface area contributed by atoms with Crippen molar-refractivity contribution in [2.45, 2.75) is 6.04 Å². The molecule has 1 atom stereocenters. The maximum absolute atomic E-state index is 5.30. The second-order valence-corrected chi connectivity index (χ2v) is 2.95. The standard InChI is InChI=1S/C6H11N3OS/c1-10-4-5(9-7)6-2-3-8-11-6/h2-3,5,9H,4,7H2,1H3. The Bertz CT molecular complexity index is 190. The molecule has 11 heavy (non-hydrogen) atoms. The predicted octanol–water partition coefficient (Wildman–Crippen LogP) is 0.294. The first kappa shape index (κ1) is 8.61. The molecule has 1 heterocycles. The van der Waals surface area contributed by atoms with Gasteiger partial charge in [-0.1, -0.05) is 0 Å². The molecule has 0 aliphatic rings. The van der Waals surface area contributed by atoms with Gasteiger partial charge in [-0.15, -0.1) is 0 Å². The molecule has 0 aliphatic carbocycles. The molecule has 1 unspecified atom stereocenters. The monoisotopic (exact) mass is 173 g/mol. The number of hydrogen-bond acceptors (Lipinski definition) is 5. The highest BCUT2D eigenvalue weighted by molar-refractivity contribution is 7.05. The van der Waals surface area contributed by atoms with E-state index in [9.17, 15) is 0 Å². The van der Waals surface area contributed by atoms with Crippen LogP contribution < -0.4 is 11.3 Å². The summed E-state index contributed by atoms with van der Waals surface area (Å²) in [4.78, 5) is 1.09. The van der Waals surface area contributed by atoms with Gasteiger partial charge in [0.1, 0.15) is 0 Å². The average molecular weight is 173 g/mol. The minimum Gasteiger partial charge on any atom is -0.383 e. The van der Waals surface area contributed by atoms with Gasteiger partial charge < -0.3 is 4.74 Å². The third-order valence-corrected chi connectivity index (χ3v) is 2.19. The molecular weight excluding hydrogens is 162 g/mol. The number of aromatic nitrogens is 1. The van der Waals surface area contributed by atoms with Crippen LogP contribution in [0.25, 0.3) is 0 Å². The van der Waals surface area contributed by atoms with Crippen molar-refractivity contribution in [1.82, 2.24) is 9.80 Å². The number of hydrazine groups is 1. The van der Waals surface area contributed by atoms with Crippen molar-refractivity contribution in [2.75, 3.05) is 13.7 Å². The molecular formula is C6H11N3OS. The summed E-state index contributed by atoms with van der Waals surface area (Å²) in [6.45, 7) is 0.568. The van der Waals surface area contributed by atoms with Crippen molar-refractivity contribution in [3.05, 3.63) is 17.1 Å². The van der Waals surface area contributed by atoms with Gasteiger partial charge in [-0.2, -0.15) is 0 Å². The van der Waals surface area contributed by atoms with Gasteiger partial charge in [-0.05, 0) is 17.6 Å². The van der Waals surface area contributed by atoms with Crippen LogP contribution in [0.1, 0.15) is 10.9 Å². The second kappa shape index (κ2) is 4.40. The summed E-state index contributed by atoms with van der Waals surface area (Å²) in [5.74, 6) is 5.30. The largest absolute Gasteiger partial charge is 0.383 e. The molecule has 0 spiro atoms. The Kier molecular flexibility index (Phi) is 3.44. The Morgan fingerprint density at radius 2 is 2.73 bits per heavy atom. The molecule has 0 aliphatic heterocycles. The molecule has 62 valence electrons. The van der Waals surface area contributed by atoms with Gasteiger partial charge in [-0.3, -0.25) is 5.84 Å². The molecule has 0 fully saturated rings. The number of methoxy groups -OCH3 is 1. The zero-order valence-corrected chi connectivity index (χ0v) is 7.10. The fourth-order valence-corrected chi connectivity index (χ4v) is 1.41. The number of nitrogens with one attached hydrogen (secondary N) is 1. The summed E-state index contributed by atoms with van der Waals surface area (Å²) in [6.07, 6.45) is 1.75. The van der Waals surface area contributed by atoms with E-state index >= 15 is 0 Å². The molecule has 0 radical (unpaired) electrons. The lowest BCUT2D eigenvalue weighted by molar-refractivity contribution is 0.168. The average Bonchev–Trinajstić information content (AvgIpc) is 2.52. The number of nitrogens with two attached hydrogens (primary N) is 1.